The molecule has 1 aliphatic rings. The highest BCUT2D eigenvalue weighted by Gasteiger charge is 2.19. The number of carbonyl (C=O) groups is 1. The lowest BCUT2D eigenvalue weighted by Gasteiger charge is -2.14. The van der Waals surface area contributed by atoms with Gasteiger partial charge in [-0.05, 0) is 72.7 Å². The van der Waals surface area contributed by atoms with E-state index in [0.29, 0.717) is 5.56 Å². The molecule has 3 heteroatoms. The lowest BCUT2D eigenvalue weighted by atomic mass is 9.94. The quantitative estimate of drug-likeness (QED) is 0.718. The highest BCUT2D eigenvalue weighted by Crippen LogP contribution is 2.29. The zero-order valence-electron chi connectivity index (χ0n) is 15.8. The highest BCUT2D eigenvalue weighted by molar-refractivity contribution is 6.09. The average molecular weight is 356 g/mol. The summed E-state index contributed by atoms with van der Waals surface area (Å²) in [6, 6.07) is 20.5. The molecular weight excluding hydrogens is 332 g/mol. The van der Waals surface area contributed by atoms with Crippen LogP contribution in [0.1, 0.15) is 32.6 Å². The summed E-state index contributed by atoms with van der Waals surface area (Å²) in [6.07, 6.45) is 1.79. The van der Waals surface area contributed by atoms with Gasteiger partial charge in [0, 0.05) is 17.3 Å². The van der Waals surface area contributed by atoms with E-state index >= 15 is 0 Å². The van der Waals surface area contributed by atoms with E-state index in [1.165, 1.54) is 16.7 Å². The average Bonchev–Trinajstić information content (AvgIpc) is 3.01. The summed E-state index contributed by atoms with van der Waals surface area (Å²) in [5.41, 5.74) is 14.4. The molecule has 1 unspecified atom stereocenters. The third kappa shape index (κ3) is 3.51. The number of amides is 1. The molecule has 1 atom stereocenters. The number of nitrogens with two attached hydrogens (primary N) is 1. The molecule has 3 aromatic rings. The SMILES string of the molecule is Cc1ccc(-c2c(C)cccc2C(=O)Nc2ccc3c(c2)CC(N)C3)cc1. The van der Waals surface area contributed by atoms with Gasteiger partial charge in [-0.2, -0.15) is 0 Å². The molecule has 1 amide bonds. The van der Waals surface area contributed by atoms with Crippen LogP contribution < -0.4 is 11.1 Å². The Bertz CT molecular complexity index is 1010. The van der Waals surface area contributed by atoms with Gasteiger partial charge in [0.1, 0.15) is 0 Å². The lowest BCUT2D eigenvalue weighted by Crippen LogP contribution is -2.19. The topological polar surface area (TPSA) is 55.1 Å². The predicted molar refractivity (Wildman–Crippen MR) is 111 cm³/mol. The monoisotopic (exact) mass is 356 g/mol. The lowest BCUT2D eigenvalue weighted by molar-refractivity contribution is 0.102. The molecule has 0 spiro atoms. The van der Waals surface area contributed by atoms with Crippen LogP contribution in [0.3, 0.4) is 0 Å². The van der Waals surface area contributed by atoms with Gasteiger partial charge < -0.3 is 11.1 Å². The first-order valence-corrected chi connectivity index (χ1v) is 9.36. The maximum atomic E-state index is 13.1. The highest BCUT2D eigenvalue weighted by atomic mass is 16.1. The van der Waals surface area contributed by atoms with Gasteiger partial charge in [0.25, 0.3) is 5.91 Å². The number of rotatable bonds is 3. The van der Waals surface area contributed by atoms with E-state index in [-0.39, 0.29) is 11.9 Å². The number of anilines is 1. The molecule has 0 saturated heterocycles. The van der Waals surface area contributed by atoms with Crippen LogP contribution in [0.25, 0.3) is 11.1 Å². The number of benzene rings is 3. The molecule has 0 saturated carbocycles. The fraction of sp³-hybridized carbons (Fsp3) is 0.208. The van der Waals surface area contributed by atoms with E-state index in [1.54, 1.807) is 0 Å². The molecule has 0 aromatic heterocycles. The zero-order valence-corrected chi connectivity index (χ0v) is 15.8. The Morgan fingerprint density at radius 3 is 2.48 bits per heavy atom. The van der Waals surface area contributed by atoms with Crippen molar-refractivity contribution in [2.24, 2.45) is 5.73 Å². The van der Waals surface area contributed by atoms with E-state index in [2.05, 4.69) is 48.6 Å². The Kier molecular flexibility index (Phi) is 4.54. The minimum absolute atomic E-state index is 0.0866. The summed E-state index contributed by atoms with van der Waals surface area (Å²) in [5.74, 6) is -0.0866. The van der Waals surface area contributed by atoms with Crippen molar-refractivity contribution in [1.29, 1.82) is 0 Å². The van der Waals surface area contributed by atoms with Crippen LogP contribution in [-0.2, 0) is 12.8 Å². The molecule has 136 valence electrons. The smallest absolute Gasteiger partial charge is 0.256 e. The first-order chi connectivity index (χ1) is 13.0. The van der Waals surface area contributed by atoms with Crippen molar-refractivity contribution in [3.63, 3.8) is 0 Å². The van der Waals surface area contributed by atoms with Crippen LogP contribution in [0.2, 0.25) is 0 Å². The van der Waals surface area contributed by atoms with E-state index in [4.69, 9.17) is 5.73 Å². The van der Waals surface area contributed by atoms with Crippen molar-refractivity contribution in [2.75, 3.05) is 5.32 Å². The molecule has 0 radical (unpaired) electrons. The van der Waals surface area contributed by atoms with Gasteiger partial charge in [-0.15, -0.1) is 0 Å². The number of hydrogen-bond acceptors (Lipinski definition) is 2. The molecule has 1 aliphatic carbocycles. The van der Waals surface area contributed by atoms with Crippen molar-refractivity contribution >= 4 is 11.6 Å². The Labute approximate surface area is 160 Å². The fourth-order valence-electron chi connectivity index (χ4n) is 3.89. The third-order valence-corrected chi connectivity index (χ3v) is 5.29. The van der Waals surface area contributed by atoms with E-state index in [1.807, 2.05) is 31.2 Å². The largest absolute Gasteiger partial charge is 0.327 e. The molecule has 3 nitrogen and oxygen atoms in total. The first kappa shape index (κ1) is 17.5. The summed E-state index contributed by atoms with van der Waals surface area (Å²) < 4.78 is 0. The molecule has 0 heterocycles. The maximum Gasteiger partial charge on any atom is 0.256 e. The minimum atomic E-state index is -0.0866. The molecule has 0 fully saturated rings. The Morgan fingerprint density at radius 1 is 0.963 bits per heavy atom. The predicted octanol–water partition coefficient (Wildman–Crippen LogP) is 4.65. The van der Waals surface area contributed by atoms with Crippen molar-refractivity contribution in [1.82, 2.24) is 0 Å². The van der Waals surface area contributed by atoms with Crippen LogP contribution in [0.4, 0.5) is 5.69 Å². The third-order valence-electron chi connectivity index (χ3n) is 5.29. The molecule has 4 rings (SSSR count). The van der Waals surface area contributed by atoms with Crippen molar-refractivity contribution < 1.29 is 4.79 Å². The first-order valence-electron chi connectivity index (χ1n) is 9.36. The second kappa shape index (κ2) is 7.01. The number of fused-ring (bicyclic) bond motifs is 1. The normalized spacial score (nSPS) is 15.4. The van der Waals surface area contributed by atoms with E-state index < -0.39 is 0 Å². The second-order valence-electron chi connectivity index (χ2n) is 7.47. The Morgan fingerprint density at radius 2 is 1.70 bits per heavy atom. The molecule has 0 aliphatic heterocycles. The molecule has 3 aromatic carbocycles. The van der Waals surface area contributed by atoms with Gasteiger partial charge in [0.2, 0.25) is 0 Å². The molecule has 3 N–H and O–H groups in total. The summed E-state index contributed by atoms with van der Waals surface area (Å²) in [5, 5.41) is 3.07. The van der Waals surface area contributed by atoms with E-state index in [9.17, 15) is 4.79 Å². The van der Waals surface area contributed by atoms with Gasteiger partial charge in [-0.1, -0.05) is 48.0 Å². The van der Waals surface area contributed by atoms with Gasteiger partial charge in [-0.25, -0.2) is 0 Å². The van der Waals surface area contributed by atoms with Gasteiger partial charge in [-0.3, -0.25) is 4.79 Å². The van der Waals surface area contributed by atoms with E-state index in [0.717, 1.165) is 35.2 Å². The van der Waals surface area contributed by atoms with Gasteiger partial charge >= 0.3 is 0 Å². The summed E-state index contributed by atoms with van der Waals surface area (Å²) in [7, 11) is 0. The molecular formula is C24H24N2O. The van der Waals surface area contributed by atoms with Crippen molar-refractivity contribution in [2.45, 2.75) is 32.7 Å². The maximum absolute atomic E-state index is 13.1. The van der Waals surface area contributed by atoms with Crippen LogP contribution in [-0.4, -0.2) is 11.9 Å². The van der Waals surface area contributed by atoms with Crippen LogP contribution in [0.5, 0.6) is 0 Å². The number of carbonyl (C=O) groups excluding carboxylic acids is 1. The number of nitrogens with one attached hydrogen (secondary N) is 1. The zero-order chi connectivity index (χ0) is 19.0. The summed E-state index contributed by atoms with van der Waals surface area (Å²) in [6.45, 7) is 4.11. The fourth-order valence-corrected chi connectivity index (χ4v) is 3.89. The molecule has 0 bridgehead atoms. The Hall–Kier alpha value is -2.91. The number of hydrogen-bond donors (Lipinski definition) is 2. The van der Waals surface area contributed by atoms with Gasteiger partial charge in [0.15, 0.2) is 0 Å². The number of aryl methyl sites for hydroxylation is 2. The van der Waals surface area contributed by atoms with Crippen LogP contribution in [0, 0.1) is 13.8 Å². The standard InChI is InChI=1S/C24H24N2O/c1-15-6-8-17(9-7-15)23-16(2)4-3-5-22(23)24(27)26-21-11-10-18-12-20(25)13-19(18)14-21/h3-11,14,20H,12-13,25H2,1-2H3,(H,26,27). The van der Waals surface area contributed by atoms with Crippen molar-refractivity contribution in [3.05, 3.63) is 88.5 Å². The Balaban J connectivity index is 1.66. The van der Waals surface area contributed by atoms with Crippen molar-refractivity contribution in [3.8, 4) is 11.1 Å². The molecule has 27 heavy (non-hydrogen) atoms. The van der Waals surface area contributed by atoms with Gasteiger partial charge in [0.05, 0.1) is 0 Å². The summed E-state index contributed by atoms with van der Waals surface area (Å²) >= 11 is 0. The second-order valence-corrected chi connectivity index (χ2v) is 7.47. The van der Waals surface area contributed by atoms with Crippen LogP contribution >= 0.6 is 0 Å². The van der Waals surface area contributed by atoms with Crippen LogP contribution in [0.15, 0.2) is 60.7 Å². The summed E-state index contributed by atoms with van der Waals surface area (Å²) in [4.78, 5) is 13.1. The minimum Gasteiger partial charge on any atom is -0.327 e.